The van der Waals surface area contributed by atoms with Gasteiger partial charge in [0.15, 0.2) is 0 Å². The van der Waals surface area contributed by atoms with Crippen LogP contribution in [0.1, 0.15) is 38.3 Å². The molecule has 0 fully saturated rings. The Morgan fingerprint density at radius 1 is 1.30 bits per heavy atom. The predicted molar refractivity (Wildman–Crippen MR) is 77.8 cm³/mol. The van der Waals surface area contributed by atoms with Gasteiger partial charge in [-0.15, -0.1) is 0 Å². The molecule has 2 N–H and O–H groups in total. The first-order valence-electron chi connectivity index (χ1n) is 6.63. The maximum Gasteiger partial charge on any atom is 0.326 e. The van der Waals surface area contributed by atoms with Gasteiger partial charge in [-0.3, -0.25) is 4.79 Å². The van der Waals surface area contributed by atoms with Crippen LogP contribution in [0, 0.1) is 5.92 Å². The number of hydrogen-bond acceptors (Lipinski definition) is 3. The fourth-order valence-electron chi connectivity index (χ4n) is 2.08. The first-order chi connectivity index (χ1) is 9.35. The summed E-state index contributed by atoms with van der Waals surface area (Å²) < 4.78 is 26.3. The van der Waals surface area contributed by atoms with Crippen molar-refractivity contribution in [2.75, 3.05) is 5.75 Å². The van der Waals surface area contributed by atoms with E-state index in [-0.39, 0.29) is 11.7 Å². The lowest BCUT2D eigenvalue weighted by atomic mass is 10.1. The Morgan fingerprint density at radius 3 is 2.40 bits per heavy atom. The lowest BCUT2D eigenvalue weighted by molar-refractivity contribution is -0.139. The first kappa shape index (κ1) is 16.7. The second kappa shape index (κ2) is 7.40. The zero-order chi connectivity index (χ0) is 15.2. The molecule has 0 saturated carbocycles. The van der Waals surface area contributed by atoms with E-state index >= 15 is 0 Å². The number of benzene rings is 1. The number of carboxylic acids is 1. The molecule has 0 bridgehead atoms. The van der Waals surface area contributed by atoms with Crippen LogP contribution in [0.25, 0.3) is 0 Å². The molecule has 5 nitrogen and oxygen atoms in total. The highest BCUT2D eigenvalue weighted by Gasteiger charge is 2.26. The SMILES string of the molecule is CCCC(C)CS(=O)(=O)N[C@@H](C(=O)O)c1ccccc1. The number of aliphatic carboxylic acids is 1. The molecule has 0 amide bonds. The van der Waals surface area contributed by atoms with Crippen LogP contribution in [0.4, 0.5) is 0 Å². The number of carboxylic acid groups (broad SMARTS) is 1. The number of rotatable bonds is 8. The van der Waals surface area contributed by atoms with E-state index in [1.54, 1.807) is 30.3 Å². The molecular weight excluding hydrogens is 278 g/mol. The van der Waals surface area contributed by atoms with Crippen molar-refractivity contribution in [1.29, 1.82) is 0 Å². The third-order valence-corrected chi connectivity index (χ3v) is 4.57. The molecule has 2 atom stereocenters. The molecule has 1 aromatic carbocycles. The van der Waals surface area contributed by atoms with Crippen molar-refractivity contribution in [3.8, 4) is 0 Å². The van der Waals surface area contributed by atoms with Crippen LogP contribution < -0.4 is 4.72 Å². The van der Waals surface area contributed by atoms with Crippen LogP contribution in [0.3, 0.4) is 0 Å². The quantitative estimate of drug-likeness (QED) is 0.770. The number of hydrogen-bond donors (Lipinski definition) is 2. The molecule has 0 aliphatic carbocycles. The second-order valence-corrected chi connectivity index (χ2v) is 6.77. The lowest BCUT2D eigenvalue weighted by Crippen LogP contribution is -2.36. The van der Waals surface area contributed by atoms with Crippen molar-refractivity contribution < 1.29 is 18.3 Å². The van der Waals surface area contributed by atoms with Gasteiger partial charge in [0.1, 0.15) is 6.04 Å². The van der Waals surface area contributed by atoms with Gasteiger partial charge in [0.2, 0.25) is 10.0 Å². The standard InChI is InChI=1S/C14H21NO4S/c1-3-7-11(2)10-20(18,19)15-13(14(16)17)12-8-5-4-6-9-12/h4-6,8-9,11,13,15H,3,7,10H2,1-2H3,(H,16,17)/t11?,13-/m1/s1. The Labute approximate surface area is 120 Å². The van der Waals surface area contributed by atoms with Gasteiger partial charge in [0.25, 0.3) is 0 Å². The molecule has 1 aromatic rings. The van der Waals surface area contributed by atoms with E-state index in [4.69, 9.17) is 0 Å². The summed E-state index contributed by atoms with van der Waals surface area (Å²) in [5.41, 5.74) is 0.423. The number of sulfonamides is 1. The summed E-state index contributed by atoms with van der Waals surface area (Å²) in [6, 6.07) is 7.06. The summed E-state index contributed by atoms with van der Waals surface area (Å²) in [5, 5.41) is 9.20. The van der Waals surface area contributed by atoms with E-state index < -0.39 is 22.0 Å². The zero-order valence-electron chi connectivity index (χ0n) is 11.7. The highest BCUT2D eigenvalue weighted by Crippen LogP contribution is 2.16. The molecule has 0 heterocycles. The van der Waals surface area contributed by atoms with Crippen molar-refractivity contribution in [2.24, 2.45) is 5.92 Å². The van der Waals surface area contributed by atoms with Gasteiger partial charge >= 0.3 is 5.97 Å². The van der Waals surface area contributed by atoms with Crippen molar-refractivity contribution in [3.05, 3.63) is 35.9 Å². The highest BCUT2D eigenvalue weighted by molar-refractivity contribution is 7.89. The average molecular weight is 299 g/mol. The van der Waals surface area contributed by atoms with Crippen molar-refractivity contribution in [1.82, 2.24) is 4.72 Å². The van der Waals surface area contributed by atoms with E-state index in [2.05, 4.69) is 4.72 Å². The van der Waals surface area contributed by atoms with Crippen molar-refractivity contribution >= 4 is 16.0 Å². The summed E-state index contributed by atoms with van der Waals surface area (Å²) in [6.07, 6.45) is 1.70. The normalized spacial score (nSPS) is 14.7. The Morgan fingerprint density at radius 2 is 1.90 bits per heavy atom. The summed E-state index contributed by atoms with van der Waals surface area (Å²) >= 11 is 0. The van der Waals surface area contributed by atoms with Gasteiger partial charge in [-0.05, 0) is 17.9 Å². The Kier molecular flexibility index (Phi) is 6.16. The van der Waals surface area contributed by atoms with Gasteiger partial charge in [-0.1, -0.05) is 50.6 Å². The number of carbonyl (C=O) groups is 1. The molecule has 1 unspecified atom stereocenters. The summed E-state index contributed by atoms with van der Waals surface area (Å²) in [7, 11) is -3.63. The average Bonchev–Trinajstić information content (AvgIpc) is 2.36. The molecule has 112 valence electrons. The fourth-order valence-corrected chi connectivity index (χ4v) is 3.69. The van der Waals surface area contributed by atoms with Gasteiger partial charge in [-0.25, -0.2) is 8.42 Å². The predicted octanol–water partition coefficient (Wildman–Crippen LogP) is 2.17. The number of nitrogens with one attached hydrogen (secondary N) is 1. The minimum atomic E-state index is -3.63. The van der Waals surface area contributed by atoms with Crippen molar-refractivity contribution in [2.45, 2.75) is 32.7 Å². The Bertz CT molecular complexity index is 527. The molecule has 0 radical (unpaired) electrons. The monoisotopic (exact) mass is 299 g/mol. The second-order valence-electron chi connectivity index (χ2n) is 4.98. The first-order valence-corrected chi connectivity index (χ1v) is 8.28. The van der Waals surface area contributed by atoms with E-state index in [1.165, 1.54) is 0 Å². The molecule has 1 rings (SSSR count). The van der Waals surface area contributed by atoms with E-state index in [1.807, 2.05) is 13.8 Å². The molecular formula is C14H21NO4S. The topological polar surface area (TPSA) is 83.5 Å². The molecule has 0 aliphatic heterocycles. The third-order valence-electron chi connectivity index (χ3n) is 2.96. The maximum atomic E-state index is 12.0. The minimum Gasteiger partial charge on any atom is -0.480 e. The van der Waals surface area contributed by atoms with Crippen molar-refractivity contribution in [3.63, 3.8) is 0 Å². The molecule has 6 heteroatoms. The van der Waals surface area contributed by atoms with Gasteiger partial charge < -0.3 is 5.11 Å². The molecule has 20 heavy (non-hydrogen) atoms. The van der Waals surface area contributed by atoms with E-state index in [9.17, 15) is 18.3 Å². The largest absolute Gasteiger partial charge is 0.480 e. The summed E-state index contributed by atoms with van der Waals surface area (Å²) in [5.74, 6) is -1.26. The molecule has 0 saturated heterocycles. The van der Waals surface area contributed by atoms with Gasteiger partial charge in [0.05, 0.1) is 5.75 Å². The van der Waals surface area contributed by atoms with E-state index in [0.29, 0.717) is 5.56 Å². The molecule has 0 aromatic heterocycles. The Balaban J connectivity index is 2.83. The fraction of sp³-hybridized carbons (Fsp3) is 0.500. The Hall–Kier alpha value is -1.40. The van der Waals surface area contributed by atoms with Crippen LogP contribution in [-0.4, -0.2) is 25.2 Å². The van der Waals surface area contributed by atoms with Crippen LogP contribution in [-0.2, 0) is 14.8 Å². The summed E-state index contributed by atoms with van der Waals surface area (Å²) in [6.45, 7) is 3.83. The smallest absolute Gasteiger partial charge is 0.326 e. The van der Waals surface area contributed by atoms with Crippen LogP contribution in [0.15, 0.2) is 30.3 Å². The molecule has 0 aliphatic rings. The van der Waals surface area contributed by atoms with Gasteiger partial charge in [0, 0.05) is 0 Å². The lowest BCUT2D eigenvalue weighted by Gasteiger charge is -2.17. The van der Waals surface area contributed by atoms with Crippen LogP contribution in [0.5, 0.6) is 0 Å². The van der Waals surface area contributed by atoms with Gasteiger partial charge in [-0.2, -0.15) is 4.72 Å². The van der Waals surface area contributed by atoms with Crippen LogP contribution >= 0.6 is 0 Å². The third kappa shape index (κ3) is 5.30. The van der Waals surface area contributed by atoms with E-state index in [0.717, 1.165) is 12.8 Å². The zero-order valence-corrected chi connectivity index (χ0v) is 12.6. The highest BCUT2D eigenvalue weighted by atomic mass is 32.2. The molecule has 0 spiro atoms. The van der Waals surface area contributed by atoms with Crippen LogP contribution in [0.2, 0.25) is 0 Å². The minimum absolute atomic E-state index is 0.00252. The summed E-state index contributed by atoms with van der Waals surface area (Å²) in [4.78, 5) is 11.3. The maximum absolute atomic E-state index is 12.0.